The monoisotopic (exact) mass is 420 g/mol. The largest absolute Gasteiger partial charge is 0.462 e. The van der Waals surface area contributed by atoms with Gasteiger partial charge >= 0.3 is 0 Å². The Kier molecular flexibility index (Phi) is 10.2. The van der Waals surface area contributed by atoms with Crippen LogP contribution in [-0.4, -0.2) is 41.5 Å². The number of hydrogen-bond acceptors (Lipinski definition) is 6. The van der Waals surface area contributed by atoms with Gasteiger partial charge in [-0.3, -0.25) is 9.69 Å². The maximum atomic E-state index is 11.7. The molecule has 3 N–H and O–H groups in total. The fourth-order valence-electron chi connectivity index (χ4n) is 3.05. The summed E-state index contributed by atoms with van der Waals surface area (Å²) < 4.78 is 5.41. The molecule has 2 aromatic rings. The van der Waals surface area contributed by atoms with Gasteiger partial charge in [0.2, 0.25) is 5.91 Å². The summed E-state index contributed by atoms with van der Waals surface area (Å²) in [6, 6.07) is 4.18. The van der Waals surface area contributed by atoms with Crippen molar-refractivity contribution in [1.82, 2.24) is 15.2 Å². The smallest absolute Gasteiger partial charge is 0.221 e. The molecule has 0 radical (unpaired) electrons. The van der Waals surface area contributed by atoms with E-state index >= 15 is 0 Å². The van der Waals surface area contributed by atoms with Crippen LogP contribution in [-0.2, 0) is 11.3 Å². The first-order valence-electron chi connectivity index (χ1n) is 8.45. The summed E-state index contributed by atoms with van der Waals surface area (Å²) in [6.07, 6.45) is 5.58. The molecule has 1 atom stereocenters. The van der Waals surface area contributed by atoms with Gasteiger partial charge in [-0.2, -0.15) is 0 Å². The number of nitrogens with two attached hydrogens (primary N) is 1. The Morgan fingerprint density at radius 1 is 1.42 bits per heavy atom. The predicted molar refractivity (Wildman–Crippen MR) is 109 cm³/mol. The van der Waals surface area contributed by atoms with Crippen molar-refractivity contribution >= 4 is 42.1 Å². The summed E-state index contributed by atoms with van der Waals surface area (Å²) in [5.41, 5.74) is 6.49. The number of thiazole rings is 1. The van der Waals surface area contributed by atoms with Crippen LogP contribution in [0.4, 0.5) is 0 Å². The second-order valence-electron chi connectivity index (χ2n) is 6.08. The van der Waals surface area contributed by atoms with Crippen molar-refractivity contribution in [3.05, 3.63) is 29.5 Å². The van der Waals surface area contributed by atoms with Crippen LogP contribution in [0.5, 0.6) is 0 Å². The number of piperidine rings is 1. The molecule has 26 heavy (non-hydrogen) atoms. The molecule has 1 fully saturated rings. The minimum Gasteiger partial charge on any atom is -0.462 e. The van der Waals surface area contributed by atoms with Crippen molar-refractivity contribution in [2.45, 2.75) is 38.3 Å². The third kappa shape index (κ3) is 6.25. The van der Waals surface area contributed by atoms with Crippen LogP contribution in [0, 0.1) is 0 Å². The first-order chi connectivity index (χ1) is 11.8. The number of amides is 1. The lowest BCUT2D eigenvalue weighted by Gasteiger charge is -2.35. The van der Waals surface area contributed by atoms with Crippen molar-refractivity contribution in [2.75, 3.05) is 19.6 Å². The summed E-state index contributed by atoms with van der Waals surface area (Å²) >= 11 is 1.61. The van der Waals surface area contributed by atoms with Crippen molar-refractivity contribution in [1.29, 1.82) is 0 Å². The van der Waals surface area contributed by atoms with Crippen LogP contribution in [0.25, 0.3) is 10.8 Å². The quantitative estimate of drug-likeness (QED) is 0.718. The molecule has 0 saturated carbocycles. The Balaban J connectivity index is 0.00000169. The van der Waals surface area contributed by atoms with E-state index in [-0.39, 0.29) is 30.7 Å². The number of hydrogen-bond donors (Lipinski definition) is 2. The molecule has 1 saturated heterocycles. The summed E-state index contributed by atoms with van der Waals surface area (Å²) in [5.74, 6) is 0.854. The second kappa shape index (κ2) is 11.6. The Bertz CT molecular complexity index is 651. The number of carbonyl (C=O) groups excluding carboxylic acids is 1. The molecule has 0 bridgehead atoms. The van der Waals surface area contributed by atoms with E-state index in [1.807, 2.05) is 12.1 Å². The number of aromatic nitrogens is 1. The first kappa shape index (κ1) is 22.9. The van der Waals surface area contributed by atoms with Crippen LogP contribution >= 0.6 is 36.2 Å². The lowest BCUT2D eigenvalue weighted by molar-refractivity contribution is -0.121. The van der Waals surface area contributed by atoms with Gasteiger partial charge in [0.05, 0.1) is 12.0 Å². The van der Waals surface area contributed by atoms with Gasteiger partial charge in [-0.15, -0.1) is 36.2 Å². The molecule has 9 heteroatoms. The van der Waals surface area contributed by atoms with E-state index in [0.717, 1.165) is 36.0 Å². The summed E-state index contributed by atoms with van der Waals surface area (Å²) in [7, 11) is 0. The zero-order valence-electron chi connectivity index (χ0n) is 14.6. The highest BCUT2D eigenvalue weighted by molar-refractivity contribution is 7.13. The van der Waals surface area contributed by atoms with Gasteiger partial charge in [-0.05, 0) is 31.5 Å². The van der Waals surface area contributed by atoms with Crippen molar-refractivity contribution in [3.63, 3.8) is 0 Å². The summed E-state index contributed by atoms with van der Waals surface area (Å²) in [5, 5.41) is 6.01. The molecule has 0 aromatic carbocycles. The van der Waals surface area contributed by atoms with E-state index in [2.05, 4.69) is 20.6 Å². The zero-order valence-corrected chi connectivity index (χ0v) is 17.0. The van der Waals surface area contributed by atoms with Crippen LogP contribution in [0.3, 0.4) is 0 Å². The Labute approximate surface area is 170 Å². The topological polar surface area (TPSA) is 84.4 Å². The minimum atomic E-state index is 0. The second-order valence-corrected chi connectivity index (χ2v) is 6.94. The highest BCUT2D eigenvalue weighted by Crippen LogP contribution is 2.26. The molecule has 0 aliphatic carbocycles. The van der Waals surface area contributed by atoms with E-state index in [1.54, 1.807) is 17.6 Å². The van der Waals surface area contributed by atoms with Crippen LogP contribution < -0.4 is 11.1 Å². The Hall–Kier alpha value is -1.12. The SMILES string of the molecule is Cl.Cl.NCCC(=O)NCC1CCCCN1Cc1csc(-c2ccco2)n1. The molecule has 3 heterocycles. The molecular weight excluding hydrogens is 395 g/mol. The van der Waals surface area contributed by atoms with Gasteiger partial charge in [-0.25, -0.2) is 4.98 Å². The van der Waals surface area contributed by atoms with Gasteiger partial charge in [0.1, 0.15) is 0 Å². The molecule has 1 aliphatic rings. The molecular formula is C17H26Cl2N4O2S. The number of nitrogens with one attached hydrogen (secondary N) is 1. The molecule has 1 unspecified atom stereocenters. The minimum absolute atomic E-state index is 0. The number of nitrogens with zero attached hydrogens (tertiary/aromatic N) is 2. The highest BCUT2D eigenvalue weighted by atomic mass is 35.5. The number of rotatable bonds is 7. The maximum absolute atomic E-state index is 11.7. The summed E-state index contributed by atoms with van der Waals surface area (Å²) in [4.78, 5) is 18.8. The van der Waals surface area contributed by atoms with Crippen LogP contribution in [0.1, 0.15) is 31.4 Å². The summed E-state index contributed by atoms with van der Waals surface area (Å²) in [6.45, 7) is 2.95. The number of likely N-dealkylation sites (tertiary alicyclic amines) is 1. The average Bonchev–Trinajstić information content (AvgIpc) is 3.25. The van der Waals surface area contributed by atoms with E-state index in [0.29, 0.717) is 25.6 Å². The van der Waals surface area contributed by atoms with Gasteiger partial charge in [0, 0.05) is 37.5 Å². The highest BCUT2D eigenvalue weighted by Gasteiger charge is 2.23. The molecule has 146 valence electrons. The van der Waals surface area contributed by atoms with Crippen molar-refractivity contribution in [2.24, 2.45) is 5.73 Å². The standard InChI is InChI=1S/C17H24N4O2S.2ClH/c18-7-6-16(22)19-10-14-4-1-2-8-21(14)11-13-12-24-17(20-13)15-5-3-9-23-15;;/h3,5,9,12,14H,1-2,4,6-8,10-11,18H2,(H,19,22);2*1H. The lowest BCUT2D eigenvalue weighted by atomic mass is 10.0. The van der Waals surface area contributed by atoms with Gasteiger partial charge in [0.15, 0.2) is 10.8 Å². The number of furan rings is 1. The van der Waals surface area contributed by atoms with Gasteiger partial charge < -0.3 is 15.5 Å². The Morgan fingerprint density at radius 3 is 3.00 bits per heavy atom. The normalized spacial score (nSPS) is 17.2. The first-order valence-corrected chi connectivity index (χ1v) is 9.33. The van der Waals surface area contributed by atoms with Crippen molar-refractivity contribution < 1.29 is 9.21 Å². The molecule has 6 nitrogen and oxygen atoms in total. The maximum Gasteiger partial charge on any atom is 0.221 e. The van der Waals surface area contributed by atoms with E-state index in [4.69, 9.17) is 10.2 Å². The van der Waals surface area contributed by atoms with Gasteiger partial charge in [0.25, 0.3) is 0 Å². The molecule has 2 aromatic heterocycles. The fraction of sp³-hybridized carbons (Fsp3) is 0.529. The van der Waals surface area contributed by atoms with E-state index in [9.17, 15) is 4.79 Å². The predicted octanol–water partition coefficient (Wildman–Crippen LogP) is 3.07. The molecule has 3 rings (SSSR count). The average molecular weight is 421 g/mol. The molecule has 1 aliphatic heterocycles. The third-order valence-corrected chi connectivity index (χ3v) is 5.21. The number of carbonyl (C=O) groups is 1. The van der Waals surface area contributed by atoms with Crippen LogP contribution in [0.2, 0.25) is 0 Å². The van der Waals surface area contributed by atoms with Gasteiger partial charge in [-0.1, -0.05) is 6.42 Å². The zero-order chi connectivity index (χ0) is 16.8. The number of halogens is 2. The van der Waals surface area contributed by atoms with Crippen LogP contribution in [0.15, 0.2) is 28.2 Å². The molecule has 0 spiro atoms. The van der Waals surface area contributed by atoms with Crippen molar-refractivity contribution in [3.8, 4) is 10.8 Å². The fourth-order valence-corrected chi connectivity index (χ4v) is 3.83. The third-order valence-electron chi connectivity index (χ3n) is 4.30. The molecule has 1 amide bonds. The van der Waals surface area contributed by atoms with E-state index < -0.39 is 0 Å². The van der Waals surface area contributed by atoms with E-state index in [1.165, 1.54) is 12.8 Å². The lowest BCUT2D eigenvalue weighted by Crippen LogP contribution is -2.46. The Morgan fingerprint density at radius 2 is 2.27 bits per heavy atom.